The van der Waals surface area contributed by atoms with Gasteiger partial charge in [-0.3, -0.25) is 0 Å². The highest BCUT2D eigenvalue weighted by Crippen LogP contribution is 2.52. The van der Waals surface area contributed by atoms with E-state index in [1.165, 1.54) is 55.5 Å². The molecule has 1 heterocycles. The number of hydrogen-bond donors (Lipinski definition) is 0. The number of hydrogen-bond acceptors (Lipinski definition) is 2. The molecule has 288 valence electrons. The molecular weight excluding hydrogens is 737 g/mol. The van der Waals surface area contributed by atoms with Crippen molar-refractivity contribution in [3.05, 3.63) is 230 Å². The highest BCUT2D eigenvalue weighted by molar-refractivity contribution is 6.05. The fourth-order valence-electron chi connectivity index (χ4n) is 9.57. The monoisotopic (exact) mass is 778 g/mol. The maximum absolute atomic E-state index is 5.31. The molecule has 2 heteroatoms. The first-order valence-electron chi connectivity index (χ1n) is 21.1. The summed E-state index contributed by atoms with van der Waals surface area (Å²) in [5, 5.41) is 2.33. The Labute approximate surface area is 357 Å². The van der Waals surface area contributed by atoms with Crippen LogP contribution in [0.5, 0.6) is 0 Å². The van der Waals surface area contributed by atoms with Crippen molar-refractivity contribution in [3.63, 3.8) is 0 Å². The lowest BCUT2D eigenvalue weighted by Crippen LogP contribution is -2.16. The summed E-state index contributed by atoms with van der Waals surface area (Å²) in [4.78, 5) is 10.6. The summed E-state index contributed by atoms with van der Waals surface area (Å²) in [6.07, 6.45) is 0. The van der Waals surface area contributed by atoms with Crippen LogP contribution in [-0.2, 0) is 5.41 Å². The van der Waals surface area contributed by atoms with Gasteiger partial charge in [0.25, 0.3) is 0 Å². The van der Waals surface area contributed by atoms with E-state index in [4.69, 9.17) is 9.97 Å². The molecule has 2 nitrogen and oxygen atoms in total. The summed E-state index contributed by atoms with van der Waals surface area (Å²) < 4.78 is 0. The predicted octanol–water partition coefficient (Wildman–Crippen LogP) is 15.6. The van der Waals surface area contributed by atoms with E-state index < -0.39 is 0 Å². The standard InChI is InChI=1S/C59H42N2/c1-59(2)54-28-15-14-25-49(54)52-27-16-26-46(57(52)59)42-31-29-41(30-32-42)45-35-36-50(48-24-13-12-23-47(45)48)55-38-56(61-58(60-55)43-21-10-5-11-22-43)51-34-33-44(39-17-6-3-7-18-39)37-53(51)40-19-8-4-9-20-40/h3-38H,1-2H3. The van der Waals surface area contributed by atoms with Crippen LogP contribution in [0, 0.1) is 0 Å². The summed E-state index contributed by atoms with van der Waals surface area (Å²) in [5.41, 5.74) is 19.8. The topological polar surface area (TPSA) is 25.8 Å². The van der Waals surface area contributed by atoms with Gasteiger partial charge in [0.1, 0.15) is 0 Å². The third kappa shape index (κ3) is 6.36. The number of nitrogens with zero attached hydrogens (tertiary/aromatic N) is 2. The maximum Gasteiger partial charge on any atom is 0.160 e. The largest absolute Gasteiger partial charge is 0.228 e. The maximum atomic E-state index is 5.31. The molecule has 0 aliphatic heterocycles. The Balaban J connectivity index is 1.03. The molecule has 0 bridgehead atoms. The van der Waals surface area contributed by atoms with E-state index in [0.29, 0.717) is 5.82 Å². The van der Waals surface area contributed by atoms with Crippen LogP contribution >= 0.6 is 0 Å². The van der Waals surface area contributed by atoms with Crippen LogP contribution in [0.3, 0.4) is 0 Å². The van der Waals surface area contributed by atoms with Crippen molar-refractivity contribution in [3.8, 4) is 89.5 Å². The quantitative estimate of drug-likeness (QED) is 0.161. The van der Waals surface area contributed by atoms with E-state index in [1.54, 1.807) is 0 Å². The van der Waals surface area contributed by atoms with Gasteiger partial charge in [0.05, 0.1) is 11.4 Å². The van der Waals surface area contributed by atoms with E-state index in [-0.39, 0.29) is 5.41 Å². The molecule has 0 atom stereocenters. The third-order valence-corrected chi connectivity index (χ3v) is 12.5. The van der Waals surface area contributed by atoms with Crippen molar-refractivity contribution in [1.82, 2.24) is 9.97 Å². The van der Waals surface area contributed by atoms with Crippen LogP contribution in [0.1, 0.15) is 25.0 Å². The van der Waals surface area contributed by atoms with Crippen LogP contribution in [-0.4, -0.2) is 9.97 Å². The SMILES string of the molecule is CC1(C)c2ccccc2-c2cccc(-c3ccc(-c4ccc(-c5cc(-c6ccc(-c7ccccc7)cc6-c6ccccc6)nc(-c6ccccc6)n5)c5ccccc45)cc3)c21. The molecular formula is C59H42N2. The van der Waals surface area contributed by atoms with E-state index in [1.807, 2.05) is 6.07 Å². The molecule has 0 fully saturated rings. The fraction of sp³-hybridized carbons (Fsp3) is 0.0508. The predicted molar refractivity (Wildman–Crippen MR) is 255 cm³/mol. The molecule has 9 aromatic carbocycles. The molecule has 0 radical (unpaired) electrons. The van der Waals surface area contributed by atoms with Crippen molar-refractivity contribution in [2.75, 3.05) is 0 Å². The van der Waals surface area contributed by atoms with Gasteiger partial charge < -0.3 is 0 Å². The van der Waals surface area contributed by atoms with Gasteiger partial charge in [0, 0.05) is 22.1 Å². The first kappa shape index (κ1) is 36.4. The second-order valence-corrected chi connectivity index (χ2v) is 16.5. The van der Waals surface area contributed by atoms with Gasteiger partial charge in [-0.15, -0.1) is 0 Å². The summed E-state index contributed by atoms with van der Waals surface area (Å²) in [6, 6.07) is 78.4. The molecule has 0 spiro atoms. The minimum absolute atomic E-state index is 0.0802. The van der Waals surface area contributed by atoms with Crippen LogP contribution in [0.2, 0.25) is 0 Å². The average molecular weight is 779 g/mol. The number of benzene rings is 9. The van der Waals surface area contributed by atoms with Gasteiger partial charge in [-0.25, -0.2) is 9.97 Å². The lowest BCUT2D eigenvalue weighted by Gasteiger charge is -2.24. The van der Waals surface area contributed by atoms with E-state index in [0.717, 1.165) is 50.2 Å². The Kier molecular flexibility index (Phi) is 8.86. The minimum atomic E-state index is -0.0802. The molecule has 1 aromatic heterocycles. The fourth-order valence-corrected chi connectivity index (χ4v) is 9.57. The summed E-state index contributed by atoms with van der Waals surface area (Å²) in [6.45, 7) is 4.72. The van der Waals surface area contributed by atoms with Gasteiger partial charge in [-0.2, -0.15) is 0 Å². The molecule has 11 rings (SSSR count). The van der Waals surface area contributed by atoms with Crippen molar-refractivity contribution in [1.29, 1.82) is 0 Å². The van der Waals surface area contributed by atoms with E-state index >= 15 is 0 Å². The summed E-state index contributed by atoms with van der Waals surface area (Å²) >= 11 is 0. The Morgan fingerprint density at radius 3 is 1.48 bits per heavy atom. The lowest BCUT2D eigenvalue weighted by atomic mass is 9.79. The van der Waals surface area contributed by atoms with Gasteiger partial charge in [0.15, 0.2) is 5.82 Å². The van der Waals surface area contributed by atoms with Gasteiger partial charge in [-0.05, 0) is 89.7 Å². The minimum Gasteiger partial charge on any atom is -0.228 e. The first-order valence-corrected chi connectivity index (χ1v) is 21.1. The number of fused-ring (bicyclic) bond motifs is 4. The summed E-state index contributed by atoms with van der Waals surface area (Å²) in [5.74, 6) is 0.696. The third-order valence-electron chi connectivity index (χ3n) is 12.5. The zero-order valence-corrected chi connectivity index (χ0v) is 34.2. The smallest absolute Gasteiger partial charge is 0.160 e. The second kappa shape index (κ2) is 14.9. The first-order chi connectivity index (χ1) is 30.0. The van der Waals surface area contributed by atoms with Gasteiger partial charge in [-0.1, -0.05) is 220 Å². The molecule has 1 aliphatic carbocycles. The highest BCUT2D eigenvalue weighted by Gasteiger charge is 2.37. The second-order valence-electron chi connectivity index (χ2n) is 16.5. The zero-order valence-electron chi connectivity index (χ0n) is 34.2. The Bertz CT molecular complexity index is 3240. The Morgan fingerprint density at radius 2 is 0.770 bits per heavy atom. The average Bonchev–Trinajstić information content (AvgIpc) is 3.57. The molecule has 10 aromatic rings. The molecule has 1 aliphatic rings. The van der Waals surface area contributed by atoms with Crippen molar-refractivity contribution in [2.45, 2.75) is 19.3 Å². The molecule has 0 N–H and O–H groups in total. The highest BCUT2D eigenvalue weighted by atomic mass is 14.9. The number of rotatable bonds is 7. The summed E-state index contributed by atoms with van der Waals surface area (Å²) in [7, 11) is 0. The molecule has 0 unspecified atom stereocenters. The lowest BCUT2D eigenvalue weighted by molar-refractivity contribution is 0.662. The van der Waals surface area contributed by atoms with Crippen LogP contribution in [0.4, 0.5) is 0 Å². The van der Waals surface area contributed by atoms with Gasteiger partial charge >= 0.3 is 0 Å². The Hall–Kier alpha value is -7.68. The normalized spacial score (nSPS) is 12.6. The molecule has 61 heavy (non-hydrogen) atoms. The number of aromatic nitrogens is 2. The van der Waals surface area contributed by atoms with E-state index in [2.05, 4.69) is 226 Å². The van der Waals surface area contributed by atoms with E-state index in [9.17, 15) is 0 Å². The Morgan fingerprint density at radius 1 is 0.295 bits per heavy atom. The molecule has 0 amide bonds. The van der Waals surface area contributed by atoms with Crippen molar-refractivity contribution >= 4 is 10.8 Å². The molecule has 0 saturated heterocycles. The van der Waals surface area contributed by atoms with Crippen molar-refractivity contribution in [2.24, 2.45) is 0 Å². The van der Waals surface area contributed by atoms with Crippen LogP contribution in [0.25, 0.3) is 100 Å². The van der Waals surface area contributed by atoms with Crippen LogP contribution < -0.4 is 0 Å². The molecule has 0 saturated carbocycles. The van der Waals surface area contributed by atoms with Crippen molar-refractivity contribution < 1.29 is 0 Å². The zero-order chi connectivity index (χ0) is 40.9. The van der Waals surface area contributed by atoms with Crippen LogP contribution in [0.15, 0.2) is 218 Å². The van der Waals surface area contributed by atoms with Gasteiger partial charge in [0.2, 0.25) is 0 Å².